The van der Waals surface area contributed by atoms with Gasteiger partial charge in [0.05, 0.1) is 5.52 Å². The van der Waals surface area contributed by atoms with Crippen molar-refractivity contribution >= 4 is 34.1 Å². The maximum Gasteiger partial charge on any atom is 0.419 e. The first kappa shape index (κ1) is 19.9. The van der Waals surface area contributed by atoms with Gasteiger partial charge in [-0.1, -0.05) is 67.6 Å². The van der Waals surface area contributed by atoms with Crippen LogP contribution in [0.5, 0.6) is 0 Å². The zero-order valence-corrected chi connectivity index (χ0v) is 17.7. The molecule has 4 rings (SSSR count). The Morgan fingerprint density at radius 3 is 2.33 bits per heavy atom. The van der Waals surface area contributed by atoms with Crippen LogP contribution in [-0.2, 0) is 4.74 Å². The number of hydrogen-bond donors (Lipinski definition) is 0. The second-order valence-corrected chi connectivity index (χ2v) is 8.58. The molecule has 1 aromatic heterocycles. The minimum absolute atomic E-state index is 0.185. The molecule has 0 aliphatic heterocycles. The Labute approximate surface area is 176 Å². The molecule has 1 heterocycles. The predicted molar refractivity (Wildman–Crippen MR) is 120 cm³/mol. The van der Waals surface area contributed by atoms with Gasteiger partial charge in [0.1, 0.15) is 5.60 Å². The smallest absolute Gasteiger partial charge is 0.419 e. The molecule has 1 atom stereocenters. The van der Waals surface area contributed by atoms with Gasteiger partial charge in [-0.2, -0.15) is 0 Å². The van der Waals surface area contributed by atoms with Crippen LogP contribution < -0.4 is 0 Å². The van der Waals surface area contributed by atoms with Gasteiger partial charge in [0.2, 0.25) is 0 Å². The van der Waals surface area contributed by atoms with Crippen LogP contribution in [0.3, 0.4) is 0 Å². The van der Waals surface area contributed by atoms with E-state index in [1.54, 1.807) is 4.57 Å². The molecule has 152 valence electrons. The number of nitrogens with zero attached hydrogens (tertiary/aromatic N) is 1. The monoisotopic (exact) mass is 399 g/mol. The lowest BCUT2D eigenvalue weighted by molar-refractivity contribution is 0.0539. The summed E-state index contributed by atoms with van der Waals surface area (Å²) in [4.78, 5) is 25.3. The zero-order chi connectivity index (χ0) is 21.5. The zero-order valence-electron chi connectivity index (χ0n) is 17.7. The molecule has 0 aliphatic carbocycles. The molecule has 0 saturated heterocycles. The molecular weight excluding hydrogens is 374 g/mol. The van der Waals surface area contributed by atoms with E-state index in [0.717, 1.165) is 28.0 Å². The quantitative estimate of drug-likeness (QED) is 0.367. The van der Waals surface area contributed by atoms with E-state index >= 15 is 0 Å². The molecule has 0 radical (unpaired) electrons. The minimum Gasteiger partial charge on any atom is -0.443 e. The second-order valence-electron chi connectivity index (χ2n) is 8.58. The number of carbonyl (C=O) groups is 2. The lowest BCUT2D eigenvalue weighted by atomic mass is 9.92. The molecule has 0 amide bonds. The van der Waals surface area contributed by atoms with E-state index in [2.05, 4.69) is 30.3 Å². The van der Waals surface area contributed by atoms with Gasteiger partial charge < -0.3 is 4.74 Å². The van der Waals surface area contributed by atoms with Crippen LogP contribution in [0.4, 0.5) is 4.79 Å². The molecule has 0 unspecified atom stereocenters. The third-order valence-electron chi connectivity index (χ3n) is 5.33. The van der Waals surface area contributed by atoms with Gasteiger partial charge in [-0.15, -0.1) is 0 Å². The van der Waals surface area contributed by atoms with Gasteiger partial charge >= 0.3 is 6.09 Å². The Morgan fingerprint density at radius 1 is 0.967 bits per heavy atom. The van der Waals surface area contributed by atoms with Crippen molar-refractivity contribution in [1.82, 2.24) is 4.57 Å². The van der Waals surface area contributed by atoms with Crippen molar-refractivity contribution in [2.24, 2.45) is 0 Å². The summed E-state index contributed by atoms with van der Waals surface area (Å²) in [5.74, 6) is -0.185. The predicted octanol–water partition coefficient (Wildman–Crippen LogP) is 6.54. The summed E-state index contributed by atoms with van der Waals surface area (Å²) in [5.41, 5.74) is 2.24. The lowest BCUT2D eigenvalue weighted by Gasteiger charge is -2.23. The molecular formula is C26H25NO3. The number of aromatic nitrogens is 1. The van der Waals surface area contributed by atoms with Crippen LogP contribution in [0.2, 0.25) is 0 Å². The fourth-order valence-electron chi connectivity index (χ4n) is 3.97. The van der Waals surface area contributed by atoms with E-state index < -0.39 is 11.7 Å². The maximum atomic E-state index is 13.2. The van der Waals surface area contributed by atoms with Crippen LogP contribution in [0.15, 0.2) is 66.7 Å². The number of fused-ring (bicyclic) bond motifs is 2. The first-order valence-corrected chi connectivity index (χ1v) is 10.1. The molecule has 0 bridgehead atoms. The molecule has 0 N–H and O–H groups in total. The molecule has 3 aromatic carbocycles. The summed E-state index contributed by atoms with van der Waals surface area (Å²) in [6, 6.07) is 21.9. The van der Waals surface area contributed by atoms with Gasteiger partial charge in [-0.25, -0.2) is 9.36 Å². The van der Waals surface area contributed by atoms with Gasteiger partial charge in [0, 0.05) is 22.6 Å². The molecule has 4 nitrogen and oxygen atoms in total. The van der Waals surface area contributed by atoms with Crippen molar-refractivity contribution in [3.05, 3.63) is 83.6 Å². The molecule has 30 heavy (non-hydrogen) atoms. The van der Waals surface area contributed by atoms with E-state index in [1.165, 1.54) is 0 Å². The summed E-state index contributed by atoms with van der Waals surface area (Å²) in [7, 11) is 0. The summed E-state index contributed by atoms with van der Waals surface area (Å²) in [6.07, 6.45) is 0.366. The highest BCUT2D eigenvalue weighted by molar-refractivity contribution is 6.03. The largest absolute Gasteiger partial charge is 0.443 e. The summed E-state index contributed by atoms with van der Waals surface area (Å²) < 4.78 is 7.25. The first-order valence-electron chi connectivity index (χ1n) is 10.1. The fourth-order valence-corrected chi connectivity index (χ4v) is 3.97. The van der Waals surface area contributed by atoms with Gasteiger partial charge in [0.15, 0.2) is 6.29 Å². The number of benzene rings is 3. The van der Waals surface area contributed by atoms with Crippen molar-refractivity contribution in [2.75, 3.05) is 0 Å². The number of ether oxygens (including phenoxy) is 1. The van der Waals surface area contributed by atoms with E-state index in [9.17, 15) is 9.59 Å². The highest BCUT2D eigenvalue weighted by Gasteiger charge is 2.28. The normalized spacial score (nSPS) is 12.8. The topological polar surface area (TPSA) is 48.3 Å². The number of carbonyl (C=O) groups excluding carboxylic acids is 2. The van der Waals surface area contributed by atoms with Crippen molar-refractivity contribution in [3.63, 3.8) is 0 Å². The summed E-state index contributed by atoms with van der Waals surface area (Å²) >= 11 is 0. The first-order chi connectivity index (χ1) is 14.3. The van der Waals surface area contributed by atoms with Crippen LogP contribution in [-0.4, -0.2) is 22.5 Å². The molecule has 0 spiro atoms. The van der Waals surface area contributed by atoms with Crippen LogP contribution in [0, 0.1) is 0 Å². The average molecular weight is 399 g/mol. The Kier molecular flexibility index (Phi) is 4.94. The third kappa shape index (κ3) is 3.50. The molecule has 4 heteroatoms. The Morgan fingerprint density at radius 2 is 1.63 bits per heavy atom. The van der Waals surface area contributed by atoms with Crippen LogP contribution in [0.25, 0.3) is 21.7 Å². The molecule has 0 aliphatic rings. The number of rotatable bonds is 3. The van der Waals surface area contributed by atoms with Gasteiger partial charge in [-0.05, 0) is 43.2 Å². The highest BCUT2D eigenvalue weighted by Crippen LogP contribution is 2.35. The van der Waals surface area contributed by atoms with E-state index in [4.69, 9.17) is 4.74 Å². The summed E-state index contributed by atoms with van der Waals surface area (Å²) in [5, 5.41) is 3.02. The standard InChI is InChI=1S/C26H25NO3/c1-17(19-14-13-18-9-5-6-10-20(18)15-19)24-22(16-28)21-11-7-8-12-23(21)27(24)25(29)30-26(2,3)4/h5-17H,1-4H3/t17-/m1/s1. The van der Waals surface area contributed by atoms with Crippen LogP contribution in [0.1, 0.15) is 55.2 Å². The second kappa shape index (κ2) is 7.45. The maximum absolute atomic E-state index is 13.2. The number of para-hydroxylation sites is 1. The van der Waals surface area contributed by atoms with E-state index in [0.29, 0.717) is 16.8 Å². The third-order valence-corrected chi connectivity index (χ3v) is 5.33. The average Bonchev–Trinajstić information content (AvgIpc) is 3.06. The van der Waals surface area contributed by atoms with Crippen molar-refractivity contribution in [3.8, 4) is 0 Å². The highest BCUT2D eigenvalue weighted by atomic mass is 16.6. The number of hydrogen-bond acceptors (Lipinski definition) is 3. The van der Waals surface area contributed by atoms with Crippen LogP contribution >= 0.6 is 0 Å². The van der Waals surface area contributed by atoms with Crippen molar-refractivity contribution < 1.29 is 14.3 Å². The Balaban J connectivity index is 1.94. The van der Waals surface area contributed by atoms with E-state index in [-0.39, 0.29) is 5.92 Å². The Bertz CT molecular complexity index is 1260. The fraction of sp³-hybridized carbons (Fsp3) is 0.231. The van der Waals surface area contributed by atoms with E-state index in [1.807, 2.05) is 64.1 Å². The van der Waals surface area contributed by atoms with Gasteiger partial charge in [-0.3, -0.25) is 4.79 Å². The van der Waals surface area contributed by atoms with Gasteiger partial charge in [0.25, 0.3) is 0 Å². The van der Waals surface area contributed by atoms with Crippen molar-refractivity contribution in [1.29, 1.82) is 0 Å². The van der Waals surface area contributed by atoms with Crippen molar-refractivity contribution in [2.45, 2.75) is 39.2 Å². The lowest BCUT2D eigenvalue weighted by Crippen LogP contribution is -2.28. The summed E-state index contributed by atoms with van der Waals surface area (Å²) in [6.45, 7) is 7.53. The number of aldehydes is 1. The molecule has 0 saturated carbocycles. The molecule has 4 aromatic rings. The molecule has 0 fully saturated rings. The SMILES string of the molecule is C[C@H](c1ccc2ccccc2c1)c1c(C=O)c2ccccc2n1C(=O)OC(C)(C)C. The minimum atomic E-state index is -0.646. The Hall–Kier alpha value is -3.40.